The quantitative estimate of drug-likeness (QED) is 0.646. The Bertz CT molecular complexity index is 947. The van der Waals surface area contributed by atoms with Crippen molar-refractivity contribution in [3.05, 3.63) is 81.9 Å². The normalized spacial score (nSPS) is 23.9. The summed E-state index contributed by atoms with van der Waals surface area (Å²) in [6.45, 7) is 0. The Hall–Kier alpha value is -3.66. The Morgan fingerprint density at radius 3 is 2.33 bits per heavy atom. The van der Waals surface area contributed by atoms with Crippen molar-refractivity contribution >= 4 is 11.5 Å². The molecular formula is C20H17N3O4. The van der Waals surface area contributed by atoms with Gasteiger partial charge in [-0.05, 0) is 29.3 Å². The minimum Gasteiger partial charge on any atom is -0.497 e. The lowest BCUT2D eigenvalue weighted by Gasteiger charge is -2.26. The summed E-state index contributed by atoms with van der Waals surface area (Å²) in [4.78, 5) is 23.8. The van der Waals surface area contributed by atoms with E-state index < -0.39 is 28.2 Å². The third-order valence-corrected chi connectivity index (χ3v) is 4.91. The van der Waals surface area contributed by atoms with Crippen LogP contribution in [0.5, 0.6) is 5.75 Å². The van der Waals surface area contributed by atoms with Gasteiger partial charge in [0, 0.05) is 10.5 Å². The summed E-state index contributed by atoms with van der Waals surface area (Å²) in [5.41, 5.74) is 5.10. The van der Waals surface area contributed by atoms with Gasteiger partial charge in [0.15, 0.2) is 5.41 Å². The molecular weight excluding hydrogens is 346 g/mol. The van der Waals surface area contributed by atoms with Crippen molar-refractivity contribution in [2.75, 3.05) is 7.11 Å². The van der Waals surface area contributed by atoms with E-state index in [1.807, 2.05) is 6.07 Å². The molecule has 0 bridgehead atoms. The highest BCUT2D eigenvalue weighted by atomic mass is 16.6. The first kappa shape index (κ1) is 18.1. The van der Waals surface area contributed by atoms with Gasteiger partial charge in [-0.2, -0.15) is 5.26 Å². The number of ether oxygens (including phenoxy) is 1. The number of carbonyl (C=O) groups excluding carboxylic acids is 1. The van der Waals surface area contributed by atoms with E-state index in [1.54, 1.807) is 54.6 Å². The van der Waals surface area contributed by atoms with Gasteiger partial charge in [-0.1, -0.05) is 42.5 Å². The maximum Gasteiger partial charge on any atom is 0.247 e. The van der Waals surface area contributed by atoms with Gasteiger partial charge in [0.1, 0.15) is 5.75 Å². The van der Waals surface area contributed by atoms with E-state index in [2.05, 4.69) is 0 Å². The first-order valence-electron chi connectivity index (χ1n) is 8.21. The molecule has 3 rings (SSSR count). The molecule has 0 fully saturated rings. The molecule has 3 atom stereocenters. The minimum atomic E-state index is -1.81. The van der Waals surface area contributed by atoms with Crippen molar-refractivity contribution in [2.45, 2.75) is 12.0 Å². The van der Waals surface area contributed by atoms with Crippen LogP contribution in [0.1, 0.15) is 17.0 Å². The Morgan fingerprint density at radius 1 is 1.22 bits per heavy atom. The highest BCUT2D eigenvalue weighted by Crippen LogP contribution is 2.51. The molecule has 2 aromatic rings. The second-order valence-electron chi connectivity index (χ2n) is 6.29. The second kappa shape index (κ2) is 6.92. The van der Waals surface area contributed by atoms with Gasteiger partial charge in [-0.3, -0.25) is 14.9 Å². The number of methoxy groups -OCH3 is 1. The van der Waals surface area contributed by atoms with E-state index in [0.29, 0.717) is 16.9 Å². The molecule has 1 amide bonds. The summed E-state index contributed by atoms with van der Waals surface area (Å²) >= 11 is 0. The van der Waals surface area contributed by atoms with Crippen LogP contribution < -0.4 is 10.5 Å². The van der Waals surface area contributed by atoms with Crippen molar-refractivity contribution in [1.82, 2.24) is 0 Å². The molecule has 0 aromatic heterocycles. The zero-order valence-corrected chi connectivity index (χ0v) is 14.5. The van der Waals surface area contributed by atoms with E-state index in [1.165, 1.54) is 13.2 Å². The van der Waals surface area contributed by atoms with Crippen LogP contribution in [0.25, 0.3) is 5.57 Å². The van der Waals surface area contributed by atoms with Crippen molar-refractivity contribution in [3.63, 3.8) is 0 Å². The molecule has 2 N–H and O–H groups in total. The van der Waals surface area contributed by atoms with Crippen LogP contribution in [0.4, 0.5) is 0 Å². The summed E-state index contributed by atoms with van der Waals surface area (Å²) in [5.74, 6) is -1.33. The van der Waals surface area contributed by atoms with E-state index >= 15 is 0 Å². The van der Waals surface area contributed by atoms with Crippen molar-refractivity contribution in [2.24, 2.45) is 11.1 Å². The lowest BCUT2D eigenvalue weighted by Crippen LogP contribution is -2.42. The largest absolute Gasteiger partial charge is 0.497 e. The molecule has 0 heterocycles. The predicted octanol–water partition coefficient (Wildman–Crippen LogP) is 2.52. The summed E-state index contributed by atoms with van der Waals surface area (Å²) in [7, 11) is 1.52. The van der Waals surface area contributed by atoms with Crippen molar-refractivity contribution < 1.29 is 14.5 Å². The summed E-state index contributed by atoms with van der Waals surface area (Å²) in [6, 6.07) is 15.8. The Kier molecular flexibility index (Phi) is 4.65. The maximum atomic E-state index is 12.3. The first-order chi connectivity index (χ1) is 12.9. The molecule has 1 aliphatic rings. The molecule has 27 heavy (non-hydrogen) atoms. The fraction of sp³-hybridized carbons (Fsp3) is 0.200. The number of nitriles is 1. The van der Waals surface area contributed by atoms with Gasteiger partial charge >= 0.3 is 0 Å². The van der Waals surface area contributed by atoms with E-state index in [0.717, 1.165) is 0 Å². The smallest absolute Gasteiger partial charge is 0.247 e. The van der Waals surface area contributed by atoms with Gasteiger partial charge in [0.2, 0.25) is 11.9 Å². The summed E-state index contributed by atoms with van der Waals surface area (Å²) < 4.78 is 5.12. The zero-order valence-electron chi connectivity index (χ0n) is 14.5. The van der Waals surface area contributed by atoms with Gasteiger partial charge in [-0.15, -0.1) is 0 Å². The SMILES string of the molecule is COc1ccc(C2=CC(C#N)(C(N)=O)C(c3ccccc3)C2[N+](=O)[O-])cc1. The molecule has 0 radical (unpaired) electrons. The second-order valence-corrected chi connectivity index (χ2v) is 6.29. The molecule has 7 heteroatoms. The number of rotatable bonds is 5. The van der Waals surface area contributed by atoms with Gasteiger partial charge in [0.25, 0.3) is 0 Å². The Labute approximate surface area is 155 Å². The van der Waals surface area contributed by atoms with E-state index in [9.17, 15) is 20.2 Å². The van der Waals surface area contributed by atoms with E-state index in [4.69, 9.17) is 10.5 Å². The first-order valence-corrected chi connectivity index (χ1v) is 8.21. The fourth-order valence-electron chi connectivity index (χ4n) is 3.61. The number of hydrogen-bond acceptors (Lipinski definition) is 5. The monoisotopic (exact) mass is 363 g/mol. The van der Waals surface area contributed by atoms with Crippen LogP contribution in [-0.4, -0.2) is 24.0 Å². The number of benzene rings is 2. The summed E-state index contributed by atoms with van der Waals surface area (Å²) in [5, 5.41) is 21.8. The standard InChI is InChI=1S/C20H17N3O4/c1-27-15-9-7-13(8-10-15)16-11-20(12-21,19(22)24)17(18(16)23(25)26)14-5-3-2-4-6-14/h2-11,17-18H,1H3,(H2,22,24). The highest BCUT2D eigenvalue weighted by molar-refractivity contribution is 5.93. The summed E-state index contributed by atoms with van der Waals surface area (Å²) in [6.07, 6.45) is 1.35. The average Bonchev–Trinajstić information content (AvgIpc) is 3.05. The van der Waals surface area contributed by atoms with Crippen molar-refractivity contribution in [3.8, 4) is 11.8 Å². The molecule has 0 saturated carbocycles. The fourth-order valence-corrected chi connectivity index (χ4v) is 3.61. The number of carbonyl (C=O) groups is 1. The Morgan fingerprint density at radius 2 is 1.85 bits per heavy atom. The van der Waals surface area contributed by atoms with Crippen LogP contribution in [0.15, 0.2) is 60.7 Å². The van der Waals surface area contributed by atoms with E-state index in [-0.39, 0.29) is 5.57 Å². The lowest BCUT2D eigenvalue weighted by molar-refractivity contribution is -0.510. The number of hydrogen-bond donors (Lipinski definition) is 1. The number of primary amides is 1. The average molecular weight is 363 g/mol. The molecule has 2 aromatic carbocycles. The molecule has 1 aliphatic carbocycles. The molecule has 136 valence electrons. The van der Waals surface area contributed by atoms with Crippen LogP contribution in [0, 0.1) is 26.9 Å². The zero-order chi connectivity index (χ0) is 19.6. The highest BCUT2D eigenvalue weighted by Gasteiger charge is 2.59. The number of amides is 1. The molecule has 7 nitrogen and oxygen atoms in total. The van der Waals surface area contributed by atoms with Crippen LogP contribution >= 0.6 is 0 Å². The molecule has 0 spiro atoms. The number of nitrogens with two attached hydrogens (primary N) is 1. The van der Waals surface area contributed by atoms with Gasteiger partial charge in [0.05, 0.1) is 19.1 Å². The lowest BCUT2D eigenvalue weighted by atomic mass is 9.73. The van der Waals surface area contributed by atoms with Crippen molar-refractivity contribution in [1.29, 1.82) is 5.26 Å². The topological polar surface area (TPSA) is 119 Å². The third kappa shape index (κ3) is 2.91. The Balaban J connectivity index is 2.23. The minimum absolute atomic E-state index is 0.289. The van der Waals surface area contributed by atoms with Crippen LogP contribution in [-0.2, 0) is 4.79 Å². The third-order valence-electron chi connectivity index (χ3n) is 4.91. The number of nitro groups is 1. The van der Waals surface area contributed by atoms with Gasteiger partial charge < -0.3 is 10.5 Å². The van der Waals surface area contributed by atoms with Crippen LogP contribution in [0.2, 0.25) is 0 Å². The van der Waals surface area contributed by atoms with Crippen LogP contribution in [0.3, 0.4) is 0 Å². The number of nitrogens with zero attached hydrogens (tertiary/aromatic N) is 2. The predicted molar refractivity (Wildman–Crippen MR) is 98.2 cm³/mol. The maximum absolute atomic E-state index is 12.3. The molecule has 0 aliphatic heterocycles. The molecule has 0 saturated heterocycles. The molecule has 3 unspecified atom stereocenters. The van der Waals surface area contributed by atoms with Gasteiger partial charge in [-0.25, -0.2) is 0 Å².